The van der Waals surface area contributed by atoms with Crippen molar-refractivity contribution >= 4 is 29.3 Å². The summed E-state index contributed by atoms with van der Waals surface area (Å²) in [5.41, 5.74) is -0.552. The third kappa shape index (κ3) is 3.44. The SMILES string of the molecule is CC(C)(C)OC(=O)N1CCC(n2c(=S)[nH]c3cc(F)c(F)c(F)c32)CC1. The molecule has 0 unspecified atom stereocenters. The van der Waals surface area contributed by atoms with Crippen LogP contribution in [-0.4, -0.2) is 39.2 Å². The fraction of sp³-hybridized carbons (Fsp3) is 0.529. The van der Waals surface area contributed by atoms with Gasteiger partial charge in [-0.05, 0) is 45.8 Å². The molecule has 1 aliphatic heterocycles. The van der Waals surface area contributed by atoms with Crippen LogP contribution in [0.1, 0.15) is 39.7 Å². The van der Waals surface area contributed by atoms with Gasteiger partial charge in [0.2, 0.25) is 0 Å². The summed E-state index contributed by atoms with van der Waals surface area (Å²) >= 11 is 5.22. The Morgan fingerprint density at radius 1 is 1.23 bits per heavy atom. The summed E-state index contributed by atoms with van der Waals surface area (Å²) in [7, 11) is 0. The molecule has 1 N–H and O–H groups in total. The largest absolute Gasteiger partial charge is 0.444 e. The van der Waals surface area contributed by atoms with Crippen molar-refractivity contribution < 1.29 is 22.7 Å². The summed E-state index contributed by atoms with van der Waals surface area (Å²) in [5, 5.41) is 0. The van der Waals surface area contributed by atoms with Gasteiger partial charge in [0, 0.05) is 25.2 Å². The first-order valence-electron chi connectivity index (χ1n) is 8.34. The minimum atomic E-state index is -1.52. The van der Waals surface area contributed by atoms with Gasteiger partial charge in [0.25, 0.3) is 0 Å². The van der Waals surface area contributed by atoms with E-state index < -0.39 is 29.1 Å². The van der Waals surface area contributed by atoms with Crippen LogP contribution in [0.25, 0.3) is 11.0 Å². The standard InChI is InChI=1S/C17H20F3N3O2S/c1-17(2,3)25-16(24)22-6-4-9(5-7-22)23-14-11(21-15(23)26)8-10(18)12(19)13(14)20/h8-9H,4-7H2,1-3H3,(H,21,26). The minimum absolute atomic E-state index is 0.0791. The lowest BCUT2D eigenvalue weighted by Crippen LogP contribution is -2.42. The average molecular weight is 387 g/mol. The van der Waals surface area contributed by atoms with Crippen LogP contribution in [0.3, 0.4) is 0 Å². The number of aromatic nitrogens is 2. The molecule has 1 saturated heterocycles. The maximum atomic E-state index is 14.3. The van der Waals surface area contributed by atoms with E-state index in [-0.39, 0.29) is 21.8 Å². The number of carbonyl (C=O) groups is 1. The maximum Gasteiger partial charge on any atom is 0.410 e. The maximum absolute atomic E-state index is 14.3. The number of carbonyl (C=O) groups excluding carboxylic acids is 1. The molecule has 2 heterocycles. The number of likely N-dealkylation sites (tertiary alicyclic amines) is 1. The second-order valence-electron chi connectivity index (χ2n) is 7.38. The van der Waals surface area contributed by atoms with Crippen molar-refractivity contribution in [2.45, 2.75) is 45.3 Å². The molecule has 0 spiro atoms. The van der Waals surface area contributed by atoms with Gasteiger partial charge >= 0.3 is 6.09 Å². The lowest BCUT2D eigenvalue weighted by atomic mass is 10.0. The number of nitrogens with one attached hydrogen (secondary N) is 1. The van der Waals surface area contributed by atoms with Crippen LogP contribution in [0.2, 0.25) is 0 Å². The molecule has 1 amide bonds. The van der Waals surface area contributed by atoms with Gasteiger partial charge in [0.05, 0.1) is 5.52 Å². The number of halogens is 3. The second-order valence-corrected chi connectivity index (χ2v) is 7.77. The van der Waals surface area contributed by atoms with Crippen LogP contribution in [0.15, 0.2) is 6.07 Å². The molecule has 0 saturated carbocycles. The van der Waals surface area contributed by atoms with Crippen molar-refractivity contribution in [3.8, 4) is 0 Å². The number of fused-ring (bicyclic) bond motifs is 1. The molecule has 1 aromatic carbocycles. The van der Waals surface area contributed by atoms with Gasteiger partial charge < -0.3 is 19.2 Å². The first-order chi connectivity index (χ1) is 12.1. The van der Waals surface area contributed by atoms with Gasteiger partial charge in [-0.2, -0.15) is 0 Å². The Labute approximate surface area is 153 Å². The quantitative estimate of drug-likeness (QED) is 0.571. The average Bonchev–Trinajstić information content (AvgIpc) is 2.87. The van der Waals surface area contributed by atoms with Crippen molar-refractivity contribution in [1.82, 2.24) is 14.5 Å². The Morgan fingerprint density at radius 3 is 2.42 bits per heavy atom. The molecular formula is C17H20F3N3O2S. The number of ether oxygens (including phenoxy) is 1. The summed E-state index contributed by atoms with van der Waals surface area (Å²) in [4.78, 5) is 16.4. The zero-order chi connectivity index (χ0) is 19.2. The topological polar surface area (TPSA) is 50.3 Å². The number of amides is 1. The van der Waals surface area contributed by atoms with Gasteiger partial charge in [0.15, 0.2) is 22.2 Å². The van der Waals surface area contributed by atoms with Crippen LogP contribution in [0, 0.1) is 22.2 Å². The van der Waals surface area contributed by atoms with Crippen molar-refractivity contribution in [1.29, 1.82) is 0 Å². The van der Waals surface area contributed by atoms with E-state index in [9.17, 15) is 18.0 Å². The molecule has 0 aliphatic carbocycles. The normalized spacial score (nSPS) is 16.3. The minimum Gasteiger partial charge on any atom is -0.444 e. The Balaban J connectivity index is 1.84. The van der Waals surface area contributed by atoms with E-state index in [1.54, 1.807) is 25.7 Å². The number of hydrogen-bond acceptors (Lipinski definition) is 3. The highest BCUT2D eigenvalue weighted by Gasteiger charge is 2.29. The zero-order valence-corrected chi connectivity index (χ0v) is 15.6. The van der Waals surface area contributed by atoms with Gasteiger partial charge in [-0.15, -0.1) is 0 Å². The molecule has 9 heteroatoms. The number of imidazole rings is 1. The molecule has 2 aromatic rings. The van der Waals surface area contributed by atoms with E-state index in [1.165, 1.54) is 4.57 Å². The molecule has 5 nitrogen and oxygen atoms in total. The first kappa shape index (κ1) is 18.8. The van der Waals surface area contributed by atoms with Gasteiger partial charge in [-0.25, -0.2) is 18.0 Å². The molecule has 26 heavy (non-hydrogen) atoms. The van der Waals surface area contributed by atoms with Gasteiger partial charge in [-0.1, -0.05) is 0 Å². The summed E-state index contributed by atoms with van der Waals surface area (Å²) in [6.45, 7) is 6.18. The Hall–Kier alpha value is -2.03. The molecule has 1 fully saturated rings. The third-order valence-electron chi connectivity index (χ3n) is 4.32. The fourth-order valence-electron chi connectivity index (χ4n) is 3.17. The molecule has 0 bridgehead atoms. The van der Waals surface area contributed by atoms with E-state index >= 15 is 0 Å². The monoisotopic (exact) mass is 387 g/mol. The molecule has 142 valence electrons. The van der Waals surface area contributed by atoms with Crippen LogP contribution >= 0.6 is 12.2 Å². The Bertz CT molecular complexity index is 909. The van der Waals surface area contributed by atoms with Gasteiger partial charge in [-0.3, -0.25) is 0 Å². The molecule has 3 rings (SSSR count). The highest BCUT2D eigenvalue weighted by atomic mass is 32.1. The molecule has 1 aromatic heterocycles. The van der Waals surface area contributed by atoms with Gasteiger partial charge in [0.1, 0.15) is 11.1 Å². The number of piperidine rings is 1. The van der Waals surface area contributed by atoms with Crippen molar-refractivity contribution in [2.75, 3.05) is 13.1 Å². The fourth-order valence-corrected chi connectivity index (χ4v) is 3.53. The predicted octanol–water partition coefficient (Wildman–Crippen LogP) is 4.69. The van der Waals surface area contributed by atoms with Crippen molar-refractivity contribution in [2.24, 2.45) is 0 Å². The van der Waals surface area contributed by atoms with Crippen LogP contribution < -0.4 is 0 Å². The van der Waals surface area contributed by atoms with E-state index in [1.807, 2.05) is 0 Å². The van der Waals surface area contributed by atoms with Crippen LogP contribution in [0.4, 0.5) is 18.0 Å². The molecular weight excluding hydrogens is 367 g/mol. The molecule has 1 aliphatic rings. The van der Waals surface area contributed by atoms with E-state index in [0.29, 0.717) is 25.9 Å². The van der Waals surface area contributed by atoms with Crippen molar-refractivity contribution in [3.05, 3.63) is 28.3 Å². The van der Waals surface area contributed by atoms with Crippen molar-refractivity contribution in [3.63, 3.8) is 0 Å². The number of benzene rings is 1. The van der Waals surface area contributed by atoms with E-state index in [2.05, 4.69) is 4.98 Å². The van der Waals surface area contributed by atoms with Crippen LogP contribution in [0.5, 0.6) is 0 Å². The zero-order valence-electron chi connectivity index (χ0n) is 14.7. The number of aromatic amines is 1. The third-order valence-corrected chi connectivity index (χ3v) is 4.62. The highest BCUT2D eigenvalue weighted by Crippen LogP contribution is 2.31. The lowest BCUT2D eigenvalue weighted by Gasteiger charge is -2.34. The second kappa shape index (κ2) is 6.61. The summed E-state index contributed by atoms with van der Waals surface area (Å²) in [5.74, 6) is -4.05. The summed E-state index contributed by atoms with van der Waals surface area (Å²) < 4.78 is 48.4. The predicted molar refractivity (Wildman–Crippen MR) is 93.1 cm³/mol. The number of hydrogen-bond donors (Lipinski definition) is 1. The van der Waals surface area contributed by atoms with Crippen LogP contribution in [-0.2, 0) is 4.74 Å². The smallest absolute Gasteiger partial charge is 0.410 e. The molecule has 0 radical (unpaired) electrons. The molecule has 0 atom stereocenters. The van der Waals surface area contributed by atoms with E-state index in [0.717, 1.165) is 6.07 Å². The summed E-state index contributed by atoms with van der Waals surface area (Å²) in [6.07, 6.45) is 0.593. The summed E-state index contributed by atoms with van der Waals surface area (Å²) in [6, 6.07) is 0.671. The Kier molecular flexibility index (Phi) is 4.76. The number of rotatable bonds is 1. The highest BCUT2D eigenvalue weighted by molar-refractivity contribution is 7.71. The number of H-pyrrole nitrogens is 1. The lowest BCUT2D eigenvalue weighted by molar-refractivity contribution is 0.0189. The van der Waals surface area contributed by atoms with E-state index in [4.69, 9.17) is 17.0 Å². The number of nitrogens with zero attached hydrogens (tertiary/aromatic N) is 2. The Morgan fingerprint density at radius 2 is 1.85 bits per heavy atom. The first-order valence-corrected chi connectivity index (χ1v) is 8.75.